The van der Waals surface area contributed by atoms with Crippen molar-refractivity contribution in [3.05, 3.63) is 59.4 Å². The molecular formula is C18H18N4O4. The Bertz CT molecular complexity index is 877. The van der Waals surface area contributed by atoms with Crippen LogP contribution < -0.4 is 15.8 Å². The van der Waals surface area contributed by atoms with Gasteiger partial charge in [0.2, 0.25) is 0 Å². The average molecular weight is 354 g/mol. The number of allylic oxidation sites excluding steroid dienone is 1. The molecule has 134 valence electrons. The van der Waals surface area contributed by atoms with Gasteiger partial charge in [0.15, 0.2) is 0 Å². The molecule has 8 heteroatoms. The van der Waals surface area contributed by atoms with Crippen LogP contribution in [0.2, 0.25) is 0 Å². The highest BCUT2D eigenvalue weighted by atomic mass is 16.5. The number of carboxylic acids is 1. The van der Waals surface area contributed by atoms with Crippen molar-refractivity contribution in [3.8, 4) is 5.75 Å². The molecule has 0 aliphatic carbocycles. The molecule has 1 aromatic carbocycles. The Morgan fingerprint density at radius 2 is 2.04 bits per heavy atom. The summed E-state index contributed by atoms with van der Waals surface area (Å²) in [5.41, 5.74) is 7.51. The summed E-state index contributed by atoms with van der Waals surface area (Å²) in [5.74, 6) is -1.09. The maximum absolute atomic E-state index is 12.4. The summed E-state index contributed by atoms with van der Waals surface area (Å²) in [4.78, 5) is 27.4. The number of nitrogens with two attached hydrogens (primary N) is 1. The Labute approximate surface area is 149 Å². The quantitative estimate of drug-likeness (QED) is 0.560. The molecule has 0 atom stereocenters. The molecule has 26 heavy (non-hydrogen) atoms. The molecule has 2 rings (SSSR count). The lowest BCUT2D eigenvalue weighted by Gasteiger charge is -2.12. The van der Waals surface area contributed by atoms with Crippen LogP contribution in [0.5, 0.6) is 5.75 Å². The lowest BCUT2D eigenvalue weighted by atomic mass is 10.1. The third-order valence-electron chi connectivity index (χ3n) is 3.41. The highest BCUT2D eigenvalue weighted by Gasteiger charge is 2.13. The fraction of sp³-hybridized carbons (Fsp3) is 0.111. The summed E-state index contributed by atoms with van der Waals surface area (Å²) in [6.07, 6.45) is 2.26. The van der Waals surface area contributed by atoms with Gasteiger partial charge in [-0.05, 0) is 35.9 Å². The number of carboxylic acid groups (broad SMARTS) is 1. The number of nitrogens with one attached hydrogen (secondary N) is 2. The van der Waals surface area contributed by atoms with Crippen LogP contribution in [-0.2, 0) is 11.2 Å². The van der Waals surface area contributed by atoms with E-state index in [4.69, 9.17) is 21.0 Å². The van der Waals surface area contributed by atoms with Gasteiger partial charge in [-0.3, -0.25) is 9.59 Å². The number of hydrogen-bond donors (Lipinski definition) is 4. The number of nitrogens with zero attached hydrogens (tertiary/aromatic N) is 1. The summed E-state index contributed by atoms with van der Waals surface area (Å²) in [6.45, 7) is 0. The van der Waals surface area contributed by atoms with Crippen molar-refractivity contribution in [2.75, 3.05) is 12.4 Å². The molecule has 0 saturated carbocycles. The Morgan fingerprint density at radius 3 is 2.69 bits per heavy atom. The average Bonchev–Trinajstić information content (AvgIpc) is 2.62. The zero-order valence-corrected chi connectivity index (χ0v) is 14.0. The Balaban J connectivity index is 2.24. The SMILES string of the molecule is COc1cc(CC(=O)O)ccc1NC(=O)c1cccc(/C(N)=C/C=N)n1. The first-order valence-electron chi connectivity index (χ1n) is 7.58. The fourth-order valence-electron chi connectivity index (χ4n) is 2.21. The summed E-state index contributed by atoms with van der Waals surface area (Å²) in [6, 6.07) is 9.52. The van der Waals surface area contributed by atoms with E-state index in [-0.39, 0.29) is 17.8 Å². The number of rotatable bonds is 7. The second-order valence-electron chi connectivity index (χ2n) is 5.26. The zero-order valence-electron chi connectivity index (χ0n) is 14.0. The van der Waals surface area contributed by atoms with Gasteiger partial charge in [0, 0.05) is 6.21 Å². The Morgan fingerprint density at radius 1 is 1.31 bits per heavy atom. The molecule has 0 bridgehead atoms. The van der Waals surface area contributed by atoms with Crippen molar-refractivity contribution < 1.29 is 19.4 Å². The molecule has 1 amide bonds. The number of carbonyl (C=O) groups is 2. The number of aliphatic carboxylic acids is 1. The van der Waals surface area contributed by atoms with E-state index in [0.717, 1.165) is 6.21 Å². The molecule has 0 aliphatic heterocycles. The third-order valence-corrected chi connectivity index (χ3v) is 3.41. The Hall–Kier alpha value is -3.68. The van der Waals surface area contributed by atoms with Crippen molar-refractivity contribution in [3.63, 3.8) is 0 Å². The van der Waals surface area contributed by atoms with Crippen LogP contribution in [0.4, 0.5) is 5.69 Å². The standard InChI is InChI=1S/C18H18N4O4/c1-26-16-9-11(10-17(23)24)5-6-14(16)22-18(25)15-4-2-3-13(21-15)12(20)7-8-19/h2-9,19H,10,20H2,1H3,(H,22,25)(H,23,24)/b12-7-,19-8?. The van der Waals surface area contributed by atoms with Gasteiger partial charge in [-0.15, -0.1) is 0 Å². The van der Waals surface area contributed by atoms with E-state index in [1.165, 1.54) is 19.3 Å². The van der Waals surface area contributed by atoms with Gasteiger partial charge in [0.1, 0.15) is 11.4 Å². The number of benzene rings is 1. The molecule has 0 saturated heterocycles. The van der Waals surface area contributed by atoms with Crippen LogP contribution in [0.3, 0.4) is 0 Å². The van der Waals surface area contributed by atoms with Crippen molar-refractivity contribution in [1.82, 2.24) is 4.98 Å². The van der Waals surface area contributed by atoms with Gasteiger partial charge in [-0.25, -0.2) is 4.98 Å². The second-order valence-corrected chi connectivity index (χ2v) is 5.26. The topological polar surface area (TPSA) is 138 Å². The molecule has 8 nitrogen and oxygen atoms in total. The second kappa shape index (κ2) is 8.43. The normalized spacial score (nSPS) is 10.9. The number of ether oxygens (including phenoxy) is 1. The van der Waals surface area contributed by atoms with Crippen LogP contribution in [0, 0.1) is 5.41 Å². The lowest BCUT2D eigenvalue weighted by molar-refractivity contribution is -0.136. The first kappa shape index (κ1) is 18.7. The molecule has 5 N–H and O–H groups in total. The molecule has 1 aromatic heterocycles. The van der Waals surface area contributed by atoms with Crippen LogP contribution in [0.25, 0.3) is 5.70 Å². The summed E-state index contributed by atoms with van der Waals surface area (Å²) in [7, 11) is 1.43. The monoisotopic (exact) mass is 354 g/mol. The van der Waals surface area contributed by atoms with Crippen LogP contribution in [0.15, 0.2) is 42.5 Å². The summed E-state index contributed by atoms with van der Waals surface area (Å²) in [5, 5.41) is 18.6. The van der Waals surface area contributed by atoms with Crippen LogP contribution >= 0.6 is 0 Å². The predicted octanol–water partition coefficient (Wildman–Crippen LogP) is 1.92. The van der Waals surface area contributed by atoms with E-state index in [1.54, 1.807) is 30.3 Å². The van der Waals surface area contributed by atoms with E-state index < -0.39 is 11.9 Å². The third kappa shape index (κ3) is 4.67. The van der Waals surface area contributed by atoms with Crippen LogP contribution in [0.1, 0.15) is 21.7 Å². The number of pyridine rings is 1. The van der Waals surface area contributed by atoms with Crippen molar-refractivity contribution >= 4 is 29.5 Å². The van der Waals surface area contributed by atoms with Gasteiger partial charge in [-0.1, -0.05) is 12.1 Å². The number of amides is 1. The lowest BCUT2D eigenvalue weighted by Crippen LogP contribution is -2.15. The van der Waals surface area contributed by atoms with E-state index in [9.17, 15) is 9.59 Å². The van der Waals surface area contributed by atoms with E-state index >= 15 is 0 Å². The highest BCUT2D eigenvalue weighted by molar-refractivity contribution is 6.04. The first-order chi connectivity index (χ1) is 12.4. The minimum absolute atomic E-state index is 0.139. The van der Waals surface area contributed by atoms with Gasteiger partial charge in [0.05, 0.1) is 30.6 Å². The highest BCUT2D eigenvalue weighted by Crippen LogP contribution is 2.26. The molecule has 2 aromatic rings. The van der Waals surface area contributed by atoms with E-state index in [1.807, 2.05) is 0 Å². The largest absolute Gasteiger partial charge is 0.495 e. The molecular weight excluding hydrogens is 336 g/mol. The molecule has 0 spiro atoms. The van der Waals surface area contributed by atoms with Gasteiger partial charge in [-0.2, -0.15) is 0 Å². The predicted molar refractivity (Wildman–Crippen MR) is 97.5 cm³/mol. The smallest absolute Gasteiger partial charge is 0.307 e. The minimum Gasteiger partial charge on any atom is -0.495 e. The van der Waals surface area contributed by atoms with Gasteiger partial charge < -0.3 is 26.3 Å². The number of anilines is 1. The maximum atomic E-state index is 12.4. The number of methoxy groups -OCH3 is 1. The van der Waals surface area contributed by atoms with Crippen molar-refractivity contribution in [2.24, 2.45) is 5.73 Å². The number of aromatic nitrogens is 1. The van der Waals surface area contributed by atoms with Crippen molar-refractivity contribution in [1.29, 1.82) is 5.41 Å². The van der Waals surface area contributed by atoms with Gasteiger partial charge in [0.25, 0.3) is 5.91 Å². The minimum atomic E-state index is -0.958. The Kier molecular flexibility index (Phi) is 6.05. The zero-order chi connectivity index (χ0) is 19.1. The fourth-order valence-corrected chi connectivity index (χ4v) is 2.21. The molecule has 1 heterocycles. The van der Waals surface area contributed by atoms with E-state index in [2.05, 4.69) is 10.3 Å². The first-order valence-corrected chi connectivity index (χ1v) is 7.58. The van der Waals surface area contributed by atoms with E-state index in [0.29, 0.717) is 22.7 Å². The maximum Gasteiger partial charge on any atom is 0.307 e. The van der Waals surface area contributed by atoms with Gasteiger partial charge >= 0.3 is 5.97 Å². The molecule has 0 fully saturated rings. The number of carbonyl (C=O) groups excluding carboxylic acids is 1. The molecule has 0 aliphatic rings. The summed E-state index contributed by atoms with van der Waals surface area (Å²) >= 11 is 0. The summed E-state index contributed by atoms with van der Waals surface area (Å²) < 4.78 is 5.22. The molecule has 0 unspecified atom stereocenters. The van der Waals surface area contributed by atoms with Crippen molar-refractivity contribution in [2.45, 2.75) is 6.42 Å². The van der Waals surface area contributed by atoms with Crippen LogP contribution in [-0.4, -0.2) is 35.3 Å². The number of hydrogen-bond acceptors (Lipinski definition) is 6. The molecule has 0 radical (unpaired) electrons.